The van der Waals surface area contributed by atoms with Crippen LogP contribution >= 0.6 is 0 Å². The molecule has 1 aromatic rings. The van der Waals surface area contributed by atoms with Crippen LogP contribution in [0.15, 0.2) is 35.7 Å². The molecular weight excluding hydrogens is 303 g/mol. The van der Waals surface area contributed by atoms with Crippen LogP contribution in [-0.2, 0) is 10.0 Å². The first kappa shape index (κ1) is 17.7. The normalized spacial score (nSPS) is 13.5. The fourth-order valence-corrected chi connectivity index (χ4v) is 3.01. The van der Waals surface area contributed by atoms with Gasteiger partial charge >= 0.3 is 6.18 Å². The molecule has 3 nitrogen and oxygen atoms in total. The van der Waals surface area contributed by atoms with Crippen LogP contribution in [0.1, 0.15) is 19.4 Å². The summed E-state index contributed by atoms with van der Waals surface area (Å²) in [6, 6.07) is 8.54. The summed E-state index contributed by atoms with van der Waals surface area (Å²) >= 11 is 0. The highest BCUT2D eigenvalue weighted by molar-refractivity contribution is 7.92. The van der Waals surface area contributed by atoms with Crippen LogP contribution < -0.4 is 0 Å². The second-order valence-electron chi connectivity index (χ2n) is 5.06. The lowest BCUT2D eigenvalue weighted by molar-refractivity contribution is -0.136. The van der Waals surface area contributed by atoms with Crippen molar-refractivity contribution in [2.24, 2.45) is 5.92 Å². The van der Waals surface area contributed by atoms with Crippen molar-refractivity contribution in [3.05, 3.63) is 41.3 Å². The zero-order valence-electron chi connectivity index (χ0n) is 11.8. The van der Waals surface area contributed by atoms with E-state index in [0.29, 0.717) is 9.87 Å². The van der Waals surface area contributed by atoms with E-state index in [1.54, 1.807) is 44.2 Å². The van der Waals surface area contributed by atoms with E-state index in [2.05, 4.69) is 0 Å². The maximum atomic E-state index is 12.5. The third-order valence-electron chi connectivity index (χ3n) is 2.52. The number of halogens is 3. The quantitative estimate of drug-likeness (QED) is 0.804. The Morgan fingerprint density at radius 3 is 2.24 bits per heavy atom. The molecule has 0 N–H and O–H groups in total. The number of alkyl halides is 3. The molecule has 0 radical (unpaired) electrons. The van der Waals surface area contributed by atoms with Gasteiger partial charge in [0, 0.05) is 12.0 Å². The van der Waals surface area contributed by atoms with E-state index in [1.165, 1.54) is 6.08 Å². The van der Waals surface area contributed by atoms with Crippen molar-refractivity contribution in [2.75, 3.05) is 13.1 Å². The van der Waals surface area contributed by atoms with Gasteiger partial charge in [0.2, 0.25) is 10.0 Å². The standard InChI is InChI=1S/C14H18F3NO2S/c1-12(2)10-18(11-14(15,16)17)21(19,20)9-8-13-6-4-3-5-7-13/h3-9,12H,10-11H2,1-2H3/b9-8+. The van der Waals surface area contributed by atoms with Crippen LogP contribution in [0.3, 0.4) is 0 Å². The van der Waals surface area contributed by atoms with E-state index in [9.17, 15) is 21.6 Å². The summed E-state index contributed by atoms with van der Waals surface area (Å²) < 4.78 is 62.1. The monoisotopic (exact) mass is 321 g/mol. The van der Waals surface area contributed by atoms with Gasteiger partial charge < -0.3 is 0 Å². The average Bonchev–Trinajstić information content (AvgIpc) is 2.35. The lowest BCUT2D eigenvalue weighted by atomic mass is 10.2. The molecule has 0 aliphatic heterocycles. The highest BCUT2D eigenvalue weighted by Crippen LogP contribution is 2.20. The largest absolute Gasteiger partial charge is 0.402 e. The molecule has 0 heterocycles. The lowest BCUT2D eigenvalue weighted by Gasteiger charge is -2.23. The molecule has 0 aliphatic rings. The first-order valence-electron chi connectivity index (χ1n) is 6.40. The van der Waals surface area contributed by atoms with Gasteiger partial charge in [-0.15, -0.1) is 0 Å². The Morgan fingerprint density at radius 1 is 1.19 bits per heavy atom. The third-order valence-corrected chi connectivity index (χ3v) is 3.99. The Kier molecular flexibility index (Phi) is 5.98. The van der Waals surface area contributed by atoms with Crippen molar-refractivity contribution in [1.29, 1.82) is 0 Å². The summed E-state index contributed by atoms with van der Waals surface area (Å²) in [5.74, 6) is -0.202. The number of sulfonamides is 1. The third kappa shape index (κ3) is 6.77. The minimum atomic E-state index is -4.57. The lowest BCUT2D eigenvalue weighted by Crippen LogP contribution is -2.40. The molecule has 0 aliphatic carbocycles. The van der Waals surface area contributed by atoms with Crippen LogP contribution in [0.25, 0.3) is 6.08 Å². The molecule has 7 heteroatoms. The highest BCUT2D eigenvalue weighted by atomic mass is 32.2. The number of rotatable bonds is 6. The van der Waals surface area contributed by atoms with Crippen molar-refractivity contribution < 1.29 is 21.6 Å². The zero-order chi connectivity index (χ0) is 16.1. The summed E-state index contributed by atoms with van der Waals surface area (Å²) in [4.78, 5) is 0. The molecule has 118 valence electrons. The number of nitrogens with zero attached hydrogens (tertiary/aromatic N) is 1. The van der Waals surface area contributed by atoms with Crippen LogP contribution in [-0.4, -0.2) is 32.0 Å². The van der Waals surface area contributed by atoms with Crippen molar-refractivity contribution in [2.45, 2.75) is 20.0 Å². The Balaban J connectivity index is 2.96. The Hall–Kier alpha value is -1.34. The van der Waals surface area contributed by atoms with Crippen molar-refractivity contribution in [3.63, 3.8) is 0 Å². The Bertz CT molecular complexity index is 566. The van der Waals surface area contributed by atoms with E-state index in [0.717, 1.165) is 5.41 Å². The number of benzene rings is 1. The van der Waals surface area contributed by atoms with Gasteiger partial charge in [0.1, 0.15) is 6.54 Å². The van der Waals surface area contributed by atoms with Crippen LogP contribution in [0, 0.1) is 5.92 Å². The summed E-state index contributed by atoms with van der Waals surface area (Å²) in [6.45, 7) is 1.67. The van der Waals surface area contributed by atoms with E-state index in [1.807, 2.05) is 0 Å². The molecule has 0 fully saturated rings. The zero-order valence-corrected chi connectivity index (χ0v) is 12.7. The Morgan fingerprint density at radius 2 is 1.76 bits per heavy atom. The molecule has 0 atom stereocenters. The molecule has 0 spiro atoms. The number of hydrogen-bond donors (Lipinski definition) is 0. The van der Waals surface area contributed by atoms with Gasteiger partial charge in [0.25, 0.3) is 0 Å². The minimum absolute atomic E-state index is 0.180. The van der Waals surface area contributed by atoms with Gasteiger partial charge in [0.05, 0.1) is 0 Å². The maximum absolute atomic E-state index is 12.5. The fourth-order valence-electron chi connectivity index (χ4n) is 1.68. The molecule has 0 saturated carbocycles. The summed E-state index contributed by atoms with van der Waals surface area (Å²) in [5, 5.41) is 0.816. The van der Waals surface area contributed by atoms with E-state index in [-0.39, 0.29) is 12.5 Å². The highest BCUT2D eigenvalue weighted by Gasteiger charge is 2.35. The Labute approximate surface area is 123 Å². The van der Waals surface area contributed by atoms with Gasteiger partial charge in [-0.05, 0) is 17.6 Å². The topological polar surface area (TPSA) is 37.4 Å². The molecule has 21 heavy (non-hydrogen) atoms. The van der Waals surface area contributed by atoms with Crippen molar-refractivity contribution in [3.8, 4) is 0 Å². The number of hydrogen-bond acceptors (Lipinski definition) is 2. The molecule has 0 saturated heterocycles. The van der Waals surface area contributed by atoms with Gasteiger partial charge in [-0.2, -0.15) is 17.5 Å². The van der Waals surface area contributed by atoms with Crippen LogP contribution in [0.2, 0.25) is 0 Å². The predicted molar refractivity (Wildman–Crippen MR) is 76.9 cm³/mol. The molecule has 0 amide bonds. The molecule has 0 unspecified atom stereocenters. The van der Waals surface area contributed by atoms with E-state index < -0.39 is 22.7 Å². The summed E-state index contributed by atoms with van der Waals surface area (Å²) in [6.07, 6.45) is -3.28. The van der Waals surface area contributed by atoms with Crippen molar-refractivity contribution >= 4 is 16.1 Å². The van der Waals surface area contributed by atoms with Gasteiger partial charge in [0.15, 0.2) is 0 Å². The maximum Gasteiger partial charge on any atom is 0.402 e. The van der Waals surface area contributed by atoms with Gasteiger partial charge in [-0.3, -0.25) is 0 Å². The van der Waals surface area contributed by atoms with E-state index in [4.69, 9.17) is 0 Å². The van der Waals surface area contributed by atoms with Crippen LogP contribution in [0.5, 0.6) is 0 Å². The first-order chi connectivity index (χ1) is 9.60. The van der Waals surface area contributed by atoms with Crippen molar-refractivity contribution in [1.82, 2.24) is 4.31 Å². The SMILES string of the molecule is CC(C)CN(CC(F)(F)F)S(=O)(=O)/C=C/c1ccccc1. The second-order valence-corrected chi connectivity index (χ2v) is 6.88. The minimum Gasteiger partial charge on any atom is -0.208 e. The first-order valence-corrected chi connectivity index (χ1v) is 7.90. The van der Waals surface area contributed by atoms with E-state index >= 15 is 0 Å². The second kappa shape index (κ2) is 7.09. The summed E-state index contributed by atoms with van der Waals surface area (Å²) in [7, 11) is -4.12. The summed E-state index contributed by atoms with van der Waals surface area (Å²) in [5.41, 5.74) is 0.609. The average molecular weight is 321 g/mol. The molecule has 0 bridgehead atoms. The van der Waals surface area contributed by atoms with Gasteiger partial charge in [-0.1, -0.05) is 44.2 Å². The molecule has 1 rings (SSSR count). The molecule has 1 aromatic carbocycles. The molecule has 0 aromatic heterocycles. The smallest absolute Gasteiger partial charge is 0.208 e. The fraction of sp³-hybridized carbons (Fsp3) is 0.429. The predicted octanol–water partition coefficient (Wildman–Crippen LogP) is 3.51. The van der Waals surface area contributed by atoms with Gasteiger partial charge in [-0.25, -0.2) is 8.42 Å². The van der Waals surface area contributed by atoms with Crippen LogP contribution in [0.4, 0.5) is 13.2 Å². The molecular formula is C14H18F3NO2S.